The predicted molar refractivity (Wildman–Crippen MR) is 113 cm³/mol. The Balaban J connectivity index is 1.87. The summed E-state index contributed by atoms with van der Waals surface area (Å²) in [5.41, 5.74) is 0.790. The summed E-state index contributed by atoms with van der Waals surface area (Å²) in [7, 11) is 0. The molecule has 3 heterocycles. The number of hydrogen-bond donors (Lipinski definition) is 0. The van der Waals surface area contributed by atoms with Crippen molar-refractivity contribution >= 4 is 51.0 Å². The summed E-state index contributed by atoms with van der Waals surface area (Å²) in [6.45, 7) is 10.6. The average molecular weight is 441 g/mol. The van der Waals surface area contributed by atoms with E-state index in [9.17, 15) is 9.59 Å². The zero-order chi connectivity index (χ0) is 21.1. The fraction of sp³-hybridized carbons (Fsp3) is 0.579. The van der Waals surface area contributed by atoms with Crippen LogP contribution in [0.1, 0.15) is 36.0 Å². The number of thiophene rings is 1. The van der Waals surface area contributed by atoms with E-state index in [2.05, 4.69) is 14.9 Å². The first-order chi connectivity index (χ1) is 13.8. The number of ether oxygens (including phenoxy) is 2. The maximum atomic E-state index is 12.5. The minimum Gasteiger partial charge on any atom is -0.461 e. The van der Waals surface area contributed by atoms with Gasteiger partial charge in [0.1, 0.15) is 15.5 Å². The van der Waals surface area contributed by atoms with E-state index in [1.54, 1.807) is 11.8 Å². The molecule has 0 N–H and O–H groups in total. The van der Waals surface area contributed by atoms with Crippen LogP contribution in [0.2, 0.25) is 5.28 Å². The topological polar surface area (TPSA) is 84.9 Å². The SMILES string of the molecule is CCOC(=O)N1CCN(c2nc(Cl)nc3sc(C(=O)OCC(C)C)c(C)c23)CC1. The molecule has 1 aliphatic heterocycles. The summed E-state index contributed by atoms with van der Waals surface area (Å²) in [6.07, 6.45) is -0.306. The van der Waals surface area contributed by atoms with Gasteiger partial charge in [-0.05, 0) is 36.9 Å². The lowest BCUT2D eigenvalue weighted by Crippen LogP contribution is -2.49. The number of anilines is 1. The number of halogens is 1. The third-order valence-corrected chi connectivity index (χ3v) is 5.92. The minimum absolute atomic E-state index is 0.128. The first-order valence-corrected chi connectivity index (χ1v) is 10.8. The molecule has 1 fully saturated rings. The van der Waals surface area contributed by atoms with Crippen molar-refractivity contribution in [3.63, 3.8) is 0 Å². The number of fused-ring (bicyclic) bond motifs is 1. The number of rotatable bonds is 5. The molecule has 0 aliphatic carbocycles. The van der Waals surface area contributed by atoms with Crippen LogP contribution in [-0.4, -0.2) is 66.3 Å². The van der Waals surface area contributed by atoms with Gasteiger partial charge in [0.05, 0.1) is 18.6 Å². The summed E-state index contributed by atoms with van der Waals surface area (Å²) in [5, 5.41) is 0.934. The lowest BCUT2D eigenvalue weighted by Gasteiger charge is -2.35. The normalized spacial score (nSPS) is 14.6. The molecule has 0 saturated carbocycles. The van der Waals surface area contributed by atoms with E-state index in [0.29, 0.717) is 54.9 Å². The van der Waals surface area contributed by atoms with Gasteiger partial charge in [0.25, 0.3) is 0 Å². The van der Waals surface area contributed by atoms with Crippen LogP contribution in [0.15, 0.2) is 0 Å². The van der Waals surface area contributed by atoms with E-state index in [-0.39, 0.29) is 23.3 Å². The van der Waals surface area contributed by atoms with Crippen LogP contribution in [0.5, 0.6) is 0 Å². The van der Waals surface area contributed by atoms with E-state index < -0.39 is 0 Å². The Morgan fingerprint density at radius 2 is 1.86 bits per heavy atom. The number of esters is 1. The maximum Gasteiger partial charge on any atom is 0.409 e. The zero-order valence-corrected chi connectivity index (χ0v) is 18.6. The Kier molecular flexibility index (Phi) is 6.79. The highest BCUT2D eigenvalue weighted by molar-refractivity contribution is 7.20. The first-order valence-electron chi connectivity index (χ1n) is 9.62. The van der Waals surface area contributed by atoms with Crippen LogP contribution in [0, 0.1) is 12.8 Å². The van der Waals surface area contributed by atoms with Crippen molar-refractivity contribution in [3.05, 3.63) is 15.7 Å². The second-order valence-electron chi connectivity index (χ2n) is 7.22. The number of hydrogen-bond acceptors (Lipinski definition) is 8. The number of amides is 1. The predicted octanol–water partition coefficient (Wildman–Crippen LogP) is 3.74. The van der Waals surface area contributed by atoms with Gasteiger partial charge in [-0.15, -0.1) is 11.3 Å². The van der Waals surface area contributed by atoms with Crippen LogP contribution in [0.3, 0.4) is 0 Å². The van der Waals surface area contributed by atoms with E-state index in [1.165, 1.54) is 11.3 Å². The Morgan fingerprint density at radius 3 is 2.48 bits per heavy atom. The molecule has 8 nitrogen and oxygen atoms in total. The molecule has 1 aliphatic rings. The number of aromatic nitrogens is 2. The van der Waals surface area contributed by atoms with Gasteiger partial charge in [-0.25, -0.2) is 14.6 Å². The molecular formula is C19H25ClN4O4S. The summed E-state index contributed by atoms with van der Waals surface area (Å²) in [6, 6.07) is 0. The van der Waals surface area contributed by atoms with E-state index in [1.807, 2.05) is 20.8 Å². The Hall–Kier alpha value is -2.13. The molecule has 0 atom stereocenters. The fourth-order valence-electron chi connectivity index (χ4n) is 3.14. The Morgan fingerprint density at radius 1 is 1.17 bits per heavy atom. The molecule has 3 rings (SSSR count). The lowest BCUT2D eigenvalue weighted by molar-refractivity contribution is 0.0464. The van der Waals surface area contributed by atoms with Gasteiger partial charge >= 0.3 is 12.1 Å². The van der Waals surface area contributed by atoms with Gasteiger partial charge in [0.2, 0.25) is 5.28 Å². The van der Waals surface area contributed by atoms with Crippen molar-refractivity contribution in [2.45, 2.75) is 27.7 Å². The Bertz CT molecular complexity index is 909. The van der Waals surface area contributed by atoms with Crippen LogP contribution in [0.25, 0.3) is 10.2 Å². The van der Waals surface area contributed by atoms with Gasteiger partial charge in [-0.2, -0.15) is 4.98 Å². The molecular weight excluding hydrogens is 416 g/mol. The van der Waals surface area contributed by atoms with Crippen LogP contribution in [-0.2, 0) is 9.47 Å². The highest BCUT2D eigenvalue weighted by Crippen LogP contribution is 2.37. The monoisotopic (exact) mass is 440 g/mol. The first kappa shape index (κ1) is 21.6. The largest absolute Gasteiger partial charge is 0.461 e. The van der Waals surface area contributed by atoms with Gasteiger partial charge in [-0.1, -0.05) is 13.8 Å². The van der Waals surface area contributed by atoms with Crippen molar-refractivity contribution < 1.29 is 19.1 Å². The third kappa shape index (κ3) is 4.72. The van der Waals surface area contributed by atoms with E-state index in [4.69, 9.17) is 21.1 Å². The number of piperazine rings is 1. The van der Waals surface area contributed by atoms with Gasteiger partial charge in [0, 0.05) is 26.2 Å². The number of nitrogens with zero attached hydrogens (tertiary/aromatic N) is 4. The molecule has 0 spiro atoms. The van der Waals surface area contributed by atoms with Crippen LogP contribution >= 0.6 is 22.9 Å². The smallest absolute Gasteiger partial charge is 0.409 e. The second kappa shape index (κ2) is 9.13. The zero-order valence-electron chi connectivity index (χ0n) is 17.0. The van der Waals surface area contributed by atoms with Crippen molar-refractivity contribution in [3.8, 4) is 0 Å². The fourth-order valence-corrected chi connectivity index (χ4v) is 4.42. The number of carbonyl (C=O) groups excluding carboxylic acids is 2. The molecule has 1 amide bonds. The lowest BCUT2D eigenvalue weighted by atomic mass is 10.2. The molecule has 0 radical (unpaired) electrons. The number of carbonyl (C=O) groups is 2. The summed E-state index contributed by atoms with van der Waals surface area (Å²) in [5.74, 6) is 0.586. The van der Waals surface area contributed by atoms with Crippen molar-refractivity contribution in [2.24, 2.45) is 5.92 Å². The van der Waals surface area contributed by atoms with Crippen molar-refractivity contribution in [1.29, 1.82) is 0 Å². The molecule has 2 aromatic heterocycles. The third-order valence-electron chi connectivity index (χ3n) is 4.58. The summed E-state index contributed by atoms with van der Waals surface area (Å²) in [4.78, 5) is 38.1. The van der Waals surface area contributed by atoms with E-state index >= 15 is 0 Å². The molecule has 0 unspecified atom stereocenters. The molecule has 0 bridgehead atoms. The summed E-state index contributed by atoms with van der Waals surface area (Å²) >= 11 is 7.43. The number of aryl methyl sites for hydroxylation is 1. The van der Waals surface area contributed by atoms with Crippen molar-refractivity contribution in [1.82, 2.24) is 14.9 Å². The van der Waals surface area contributed by atoms with Crippen molar-refractivity contribution in [2.75, 3.05) is 44.3 Å². The molecule has 2 aromatic rings. The molecule has 29 heavy (non-hydrogen) atoms. The maximum absolute atomic E-state index is 12.5. The van der Waals surface area contributed by atoms with Crippen LogP contribution in [0.4, 0.5) is 10.6 Å². The molecule has 1 saturated heterocycles. The molecule has 0 aromatic carbocycles. The second-order valence-corrected chi connectivity index (χ2v) is 8.56. The van der Waals surface area contributed by atoms with E-state index in [0.717, 1.165) is 10.9 Å². The average Bonchev–Trinajstić information content (AvgIpc) is 3.02. The Labute approximate surface area is 178 Å². The van der Waals surface area contributed by atoms with Crippen LogP contribution < -0.4 is 4.90 Å². The van der Waals surface area contributed by atoms with Gasteiger partial charge in [0.15, 0.2) is 0 Å². The molecule has 158 valence electrons. The standard InChI is InChI=1S/C19H25ClN4O4S/c1-5-27-19(26)24-8-6-23(7-9-24)15-13-12(4)14(17(25)28-10-11(2)3)29-16(13)22-18(20)21-15/h11H,5-10H2,1-4H3. The quantitative estimate of drug-likeness (QED) is 0.517. The highest BCUT2D eigenvalue weighted by atomic mass is 35.5. The van der Waals surface area contributed by atoms with Gasteiger partial charge in [-0.3, -0.25) is 0 Å². The summed E-state index contributed by atoms with van der Waals surface area (Å²) < 4.78 is 10.5. The minimum atomic E-state index is -0.353. The van der Waals surface area contributed by atoms with Gasteiger partial charge < -0.3 is 19.3 Å². The highest BCUT2D eigenvalue weighted by Gasteiger charge is 2.27. The molecule has 10 heteroatoms.